The van der Waals surface area contributed by atoms with Gasteiger partial charge in [0.2, 0.25) is 0 Å². The van der Waals surface area contributed by atoms with E-state index in [2.05, 4.69) is 65.4 Å². The molecule has 2 atom stereocenters. The van der Waals surface area contributed by atoms with Crippen LogP contribution in [0.2, 0.25) is 0 Å². The number of dihydropyridines is 1. The molecule has 1 saturated carbocycles. The minimum absolute atomic E-state index is 0.179. The normalized spacial score (nSPS) is 25.0. The Labute approximate surface area is 181 Å². The maximum Gasteiger partial charge on any atom is 0.141 e. The topological polar surface area (TPSA) is 67.1 Å². The van der Waals surface area contributed by atoms with Crippen LogP contribution < -0.4 is 0 Å². The summed E-state index contributed by atoms with van der Waals surface area (Å²) in [6.07, 6.45) is 13.0. The third-order valence-corrected chi connectivity index (χ3v) is 7.33. The fourth-order valence-corrected chi connectivity index (χ4v) is 5.24. The molecule has 0 saturated heterocycles. The van der Waals surface area contributed by atoms with Crippen LogP contribution in [0, 0.1) is 19.8 Å². The van der Waals surface area contributed by atoms with Crippen molar-refractivity contribution in [1.29, 1.82) is 0 Å². The first-order valence-corrected chi connectivity index (χ1v) is 11.0. The van der Waals surface area contributed by atoms with Crippen LogP contribution in [0.1, 0.15) is 55.4 Å². The number of imidazole rings is 1. The van der Waals surface area contributed by atoms with Crippen LogP contribution in [0.4, 0.5) is 0 Å². The van der Waals surface area contributed by atoms with Crippen molar-refractivity contribution in [3.63, 3.8) is 0 Å². The van der Waals surface area contributed by atoms with Crippen LogP contribution in [-0.2, 0) is 5.41 Å². The Balaban J connectivity index is 1.65. The number of aromatic amines is 1. The van der Waals surface area contributed by atoms with E-state index in [0.29, 0.717) is 5.92 Å². The van der Waals surface area contributed by atoms with E-state index in [9.17, 15) is 0 Å². The summed E-state index contributed by atoms with van der Waals surface area (Å²) in [7, 11) is 0. The molecular formula is C26H26N4O. The maximum absolute atomic E-state index is 5.50. The number of rotatable bonds is 3. The van der Waals surface area contributed by atoms with Gasteiger partial charge in [-0.25, -0.2) is 4.98 Å². The zero-order chi connectivity index (χ0) is 21.3. The van der Waals surface area contributed by atoms with Crippen molar-refractivity contribution in [2.75, 3.05) is 0 Å². The Hall–Kier alpha value is -3.21. The highest BCUT2D eigenvalue weighted by molar-refractivity contribution is 5.88. The van der Waals surface area contributed by atoms with E-state index in [0.717, 1.165) is 45.1 Å². The van der Waals surface area contributed by atoms with Gasteiger partial charge in [-0.1, -0.05) is 29.8 Å². The molecule has 0 radical (unpaired) electrons. The van der Waals surface area contributed by atoms with Gasteiger partial charge in [-0.2, -0.15) is 0 Å². The first kappa shape index (κ1) is 18.6. The first-order valence-electron chi connectivity index (χ1n) is 11.0. The third-order valence-electron chi connectivity index (χ3n) is 7.33. The third kappa shape index (κ3) is 2.65. The number of hydrogen-bond acceptors (Lipinski definition) is 4. The molecule has 0 bridgehead atoms. The molecule has 0 amide bonds. The largest absolute Gasteiger partial charge is 0.361 e. The molecule has 2 aromatic heterocycles. The van der Waals surface area contributed by atoms with Crippen molar-refractivity contribution in [3.8, 4) is 11.1 Å². The average Bonchev–Trinajstić information content (AvgIpc) is 3.45. The Bertz CT molecular complexity index is 1330. The Morgan fingerprint density at radius 2 is 1.97 bits per heavy atom. The van der Waals surface area contributed by atoms with Gasteiger partial charge in [-0.05, 0) is 69.0 Å². The second-order valence-corrected chi connectivity index (χ2v) is 9.30. The minimum atomic E-state index is -0.237. The highest BCUT2D eigenvalue weighted by atomic mass is 16.5. The zero-order valence-electron chi connectivity index (χ0n) is 18.4. The predicted molar refractivity (Wildman–Crippen MR) is 123 cm³/mol. The van der Waals surface area contributed by atoms with Crippen LogP contribution in [0.5, 0.6) is 0 Å². The summed E-state index contributed by atoms with van der Waals surface area (Å²) in [5.74, 6) is 2.69. The van der Waals surface area contributed by atoms with Crippen LogP contribution >= 0.6 is 0 Å². The number of fused-ring (bicyclic) bond motifs is 2. The molecule has 0 spiro atoms. The van der Waals surface area contributed by atoms with Gasteiger partial charge in [-0.15, -0.1) is 0 Å². The van der Waals surface area contributed by atoms with Crippen molar-refractivity contribution < 1.29 is 4.52 Å². The second-order valence-electron chi connectivity index (χ2n) is 9.30. The van der Waals surface area contributed by atoms with Crippen LogP contribution in [0.15, 0.2) is 57.2 Å². The Morgan fingerprint density at radius 3 is 2.71 bits per heavy atom. The molecule has 31 heavy (non-hydrogen) atoms. The molecule has 2 aliphatic carbocycles. The quantitative estimate of drug-likeness (QED) is 0.570. The van der Waals surface area contributed by atoms with E-state index >= 15 is 0 Å². The average molecular weight is 411 g/mol. The predicted octanol–water partition coefficient (Wildman–Crippen LogP) is 6.07. The molecule has 3 aliphatic rings. The number of hydrogen-bond donors (Lipinski definition) is 1. The van der Waals surface area contributed by atoms with E-state index < -0.39 is 0 Å². The molecule has 1 aromatic carbocycles. The van der Waals surface area contributed by atoms with Crippen molar-refractivity contribution in [2.45, 2.75) is 51.9 Å². The fraction of sp³-hybridized carbons (Fsp3) is 0.346. The van der Waals surface area contributed by atoms with E-state index in [1.807, 2.05) is 20.1 Å². The van der Waals surface area contributed by atoms with Gasteiger partial charge in [0.15, 0.2) is 0 Å². The Kier molecular flexibility index (Phi) is 3.83. The lowest BCUT2D eigenvalue weighted by molar-refractivity contribution is 0.393. The van der Waals surface area contributed by atoms with E-state index in [1.165, 1.54) is 24.0 Å². The number of H-pyrrole nitrogens is 1. The lowest BCUT2D eigenvalue weighted by Crippen LogP contribution is -2.36. The van der Waals surface area contributed by atoms with Gasteiger partial charge >= 0.3 is 0 Å². The molecule has 1 fully saturated rings. The first-order chi connectivity index (χ1) is 15.0. The lowest BCUT2D eigenvalue weighted by Gasteiger charge is -2.41. The van der Waals surface area contributed by atoms with Crippen LogP contribution in [-0.4, -0.2) is 21.3 Å². The number of nitrogens with one attached hydrogen (secondary N) is 1. The number of aryl methyl sites for hydroxylation is 2. The number of allylic oxidation sites excluding steroid dienone is 5. The van der Waals surface area contributed by atoms with Gasteiger partial charge in [0.1, 0.15) is 11.6 Å². The summed E-state index contributed by atoms with van der Waals surface area (Å²) in [5.41, 5.74) is 8.68. The van der Waals surface area contributed by atoms with Crippen LogP contribution in [0.25, 0.3) is 22.2 Å². The van der Waals surface area contributed by atoms with Crippen molar-refractivity contribution in [2.24, 2.45) is 10.9 Å². The molecule has 3 aromatic rings. The summed E-state index contributed by atoms with van der Waals surface area (Å²) in [6, 6.07) is 4.50. The number of aromatic nitrogens is 3. The summed E-state index contributed by atoms with van der Waals surface area (Å²) in [5, 5.41) is 4.20. The van der Waals surface area contributed by atoms with Gasteiger partial charge in [0, 0.05) is 34.7 Å². The summed E-state index contributed by atoms with van der Waals surface area (Å²) in [6.45, 7) is 8.55. The standard InChI is InChI=1S/C26H26N4O/c1-14-7-10-21-19(6-5-11-27-21)26(14,4)20-12-18(23-15(2)30-31-16(23)3)13-22-24(20)29-25(28-22)17-8-9-17/h5-7,10-13,17,19H,8-9H2,1-4H3,(H,28,29). The highest BCUT2D eigenvalue weighted by Gasteiger charge is 2.42. The molecule has 5 heteroatoms. The van der Waals surface area contributed by atoms with Crippen molar-refractivity contribution in [3.05, 3.63) is 70.5 Å². The summed E-state index contributed by atoms with van der Waals surface area (Å²) >= 11 is 0. The van der Waals surface area contributed by atoms with E-state index in [4.69, 9.17) is 9.51 Å². The number of aliphatic imine (C=N–C) groups is 1. The summed E-state index contributed by atoms with van der Waals surface area (Å²) < 4.78 is 5.50. The molecule has 156 valence electrons. The number of benzene rings is 1. The lowest BCUT2D eigenvalue weighted by atomic mass is 9.63. The minimum Gasteiger partial charge on any atom is -0.361 e. The molecule has 2 unspecified atom stereocenters. The van der Waals surface area contributed by atoms with E-state index in [1.54, 1.807) is 0 Å². The number of nitrogens with zero attached hydrogens (tertiary/aromatic N) is 3. The Morgan fingerprint density at radius 1 is 1.13 bits per heavy atom. The second kappa shape index (κ2) is 6.39. The zero-order valence-corrected chi connectivity index (χ0v) is 18.4. The van der Waals surface area contributed by atoms with Gasteiger partial charge in [-0.3, -0.25) is 4.99 Å². The van der Waals surface area contributed by atoms with Gasteiger partial charge in [0.05, 0.1) is 16.7 Å². The van der Waals surface area contributed by atoms with Crippen molar-refractivity contribution >= 4 is 17.2 Å². The SMILES string of the molecule is CC1=CC=C2N=CC=CC2C1(C)c1cc(-c2c(C)noc2C)cc2nc(C3CC3)[nH]c12. The fourth-order valence-electron chi connectivity index (χ4n) is 5.24. The summed E-state index contributed by atoms with van der Waals surface area (Å²) in [4.78, 5) is 13.4. The molecule has 6 rings (SSSR count). The molecular weight excluding hydrogens is 384 g/mol. The molecule has 3 heterocycles. The van der Waals surface area contributed by atoms with E-state index in [-0.39, 0.29) is 11.3 Å². The van der Waals surface area contributed by atoms with Gasteiger partial charge < -0.3 is 9.51 Å². The molecule has 1 aliphatic heterocycles. The molecule has 5 nitrogen and oxygen atoms in total. The van der Waals surface area contributed by atoms with Gasteiger partial charge in [0.25, 0.3) is 0 Å². The van der Waals surface area contributed by atoms with Crippen molar-refractivity contribution in [1.82, 2.24) is 15.1 Å². The maximum atomic E-state index is 5.50. The van der Waals surface area contributed by atoms with Crippen LogP contribution in [0.3, 0.4) is 0 Å². The monoisotopic (exact) mass is 410 g/mol. The smallest absolute Gasteiger partial charge is 0.141 e. The molecule has 1 N–H and O–H groups in total. The highest BCUT2D eigenvalue weighted by Crippen LogP contribution is 2.50.